The molecule has 1 aliphatic heterocycles. The topological polar surface area (TPSA) is 65.1 Å². The minimum atomic E-state index is -0.483. The molecule has 0 radical (unpaired) electrons. The maximum Gasteiger partial charge on any atom is 0.308 e. The first kappa shape index (κ1) is 18.3. The normalized spacial score (nSPS) is 15.8. The number of rotatable bonds is 5. The maximum absolute atomic E-state index is 12.3. The van der Waals surface area contributed by atoms with Gasteiger partial charge >= 0.3 is 5.97 Å². The van der Waals surface area contributed by atoms with Gasteiger partial charge in [-0.25, -0.2) is 0 Å². The van der Waals surface area contributed by atoms with Crippen molar-refractivity contribution in [3.63, 3.8) is 0 Å². The molecule has 0 aromatic heterocycles. The van der Waals surface area contributed by atoms with Crippen molar-refractivity contribution in [1.82, 2.24) is 4.90 Å². The lowest BCUT2D eigenvalue weighted by Crippen LogP contribution is -2.27. The molecule has 1 aromatic carbocycles. The molecule has 1 amide bonds. The molecule has 24 heavy (non-hydrogen) atoms. The monoisotopic (exact) mass is 367 g/mol. The van der Waals surface area contributed by atoms with Crippen molar-refractivity contribution < 1.29 is 23.8 Å². The van der Waals surface area contributed by atoms with E-state index in [1.165, 1.54) is 37.8 Å². The molecule has 1 saturated heterocycles. The van der Waals surface area contributed by atoms with Gasteiger partial charge in [-0.3, -0.25) is 14.5 Å². The molecule has 0 spiro atoms. The molecule has 1 aromatic rings. The third-order valence-corrected chi connectivity index (χ3v) is 4.59. The highest BCUT2D eigenvalue weighted by molar-refractivity contribution is 8.26. The van der Waals surface area contributed by atoms with Gasteiger partial charge in [0.25, 0.3) is 5.91 Å². The number of thiocarbonyl (C=S) groups is 1. The van der Waals surface area contributed by atoms with Crippen LogP contribution in [-0.4, -0.2) is 41.9 Å². The van der Waals surface area contributed by atoms with Crippen molar-refractivity contribution in [2.24, 2.45) is 0 Å². The van der Waals surface area contributed by atoms with Crippen LogP contribution in [0.5, 0.6) is 17.2 Å². The molecule has 8 heteroatoms. The van der Waals surface area contributed by atoms with E-state index >= 15 is 0 Å². The lowest BCUT2D eigenvalue weighted by molar-refractivity contribution is -0.132. The molecule has 0 atom stereocenters. The second-order valence-corrected chi connectivity index (χ2v) is 6.45. The average molecular weight is 367 g/mol. The van der Waals surface area contributed by atoms with Crippen LogP contribution in [0.3, 0.4) is 0 Å². The number of carbonyl (C=O) groups excluding carboxylic acids is 2. The van der Waals surface area contributed by atoms with Gasteiger partial charge in [0.05, 0.1) is 19.1 Å². The summed E-state index contributed by atoms with van der Waals surface area (Å²) in [7, 11) is 2.92. The predicted molar refractivity (Wildman–Crippen MR) is 96.4 cm³/mol. The van der Waals surface area contributed by atoms with Crippen LogP contribution in [0.15, 0.2) is 17.0 Å². The summed E-state index contributed by atoms with van der Waals surface area (Å²) >= 11 is 6.44. The van der Waals surface area contributed by atoms with Gasteiger partial charge in [-0.1, -0.05) is 24.0 Å². The molecule has 6 nitrogen and oxygen atoms in total. The third kappa shape index (κ3) is 3.70. The van der Waals surface area contributed by atoms with Crippen LogP contribution in [0.4, 0.5) is 0 Å². The fraction of sp³-hybridized carbons (Fsp3) is 0.312. The molecule has 0 saturated carbocycles. The van der Waals surface area contributed by atoms with Gasteiger partial charge in [-0.15, -0.1) is 0 Å². The molecular formula is C16H17NO5S2. The molecule has 0 bridgehead atoms. The summed E-state index contributed by atoms with van der Waals surface area (Å²) in [6.07, 6.45) is 1.71. The predicted octanol–water partition coefficient (Wildman–Crippen LogP) is 2.85. The number of amides is 1. The van der Waals surface area contributed by atoms with Crippen molar-refractivity contribution in [1.29, 1.82) is 0 Å². The molecular weight excluding hydrogens is 350 g/mol. The van der Waals surface area contributed by atoms with E-state index in [0.717, 1.165) is 0 Å². The summed E-state index contributed by atoms with van der Waals surface area (Å²) in [6.45, 7) is 3.69. The zero-order valence-corrected chi connectivity index (χ0v) is 15.4. The Morgan fingerprint density at radius 3 is 2.29 bits per heavy atom. The maximum atomic E-state index is 12.3. The second-order valence-electron chi connectivity index (χ2n) is 4.77. The highest BCUT2D eigenvalue weighted by Gasteiger charge is 2.30. The Balaban J connectivity index is 2.45. The third-order valence-electron chi connectivity index (χ3n) is 3.22. The van der Waals surface area contributed by atoms with E-state index in [9.17, 15) is 9.59 Å². The number of esters is 1. The van der Waals surface area contributed by atoms with Gasteiger partial charge in [-0.05, 0) is 30.7 Å². The minimum absolute atomic E-state index is 0.130. The van der Waals surface area contributed by atoms with Gasteiger partial charge in [0.1, 0.15) is 4.32 Å². The lowest BCUT2D eigenvalue weighted by Gasteiger charge is -2.13. The number of benzene rings is 1. The fourth-order valence-electron chi connectivity index (χ4n) is 2.15. The van der Waals surface area contributed by atoms with Crippen molar-refractivity contribution in [3.8, 4) is 17.2 Å². The van der Waals surface area contributed by atoms with E-state index < -0.39 is 5.97 Å². The van der Waals surface area contributed by atoms with Gasteiger partial charge in [-0.2, -0.15) is 0 Å². The molecule has 1 fully saturated rings. The minimum Gasteiger partial charge on any atom is -0.493 e. The Morgan fingerprint density at radius 1 is 1.29 bits per heavy atom. The van der Waals surface area contributed by atoms with Crippen LogP contribution in [0, 0.1) is 0 Å². The number of hydrogen-bond acceptors (Lipinski definition) is 7. The number of ether oxygens (including phenoxy) is 3. The van der Waals surface area contributed by atoms with Crippen LogP contribution >= 0.6 is 24.0 Å². The lowest BCUT2D eigenvalue weighted by atomic mass is 10.1. The molecule has 0 unspecified atom stereocenters. The summed E-state index contributed by atoms with van der Waals surface area (Å²) in [5.41, 5.74) is 0.677. The standard InChI is InChI=1S/C16H17NO5S2/c1-5-17-15(19)13(24-16(17)23)8-10-6-11(20-3)14(22-9(2)18)12(7-10)21-4/h6-8H,5H2,1-4H3/b13-8+. The van der Waals surface area contributed by atoms with Gasteiger partial charge < -0.3 is 14.2 Å². The number of likely N-dealkylation sites (N-methyl/N-ethyl adjacent to an activating group) is 1. The number of thioether (sulfide) groups is 1. The summed E-state index contributed by atoms with van der Waals surface area (Å²) in [5, 5.41) is 0. The van der Waals surface area contributed by atoms with Crippen molar-refractivity contribution in [2.45, 2.75) is 13.8 Å². The van der Waals surface area contributed by atoms with E-state index in [2.05, 4.69) is 0 Å². The fourth-order valence-corrected chi connectivity index (χ4v) is 3.54. The largest absolute Gasteiger partial charge is 0.493 e. The quantitative estimate of drug-likeness (QED) is 0.343. The van der Waals surface area contributed by atoms with E-state index in [-0.39, 0.29) is 11.7 Å². The Morgan fingerprint density at radius 2 is 1.88 bits per heavy atom. The second kappa shape index (κ2) is 7.67. The number of methoxy groups -OCH3 is 2. The summed E-state index contributed by atoms with van der Waals surface area (Å²) < 4.78 is 16.2. The Labute approximate surface area is 149 Å². The van der Waals surface area contributed by atoms with Crippen LogP contribution in [-0.2, 0) is 9.59 Å². The SMILES string of the molecule is CCN1C(=O)/C(=C\c2cc(OC)c(OC(C)=O)c(OC)c2)SC1=S. The summed E-state index contributed by atoms with van der Waals surface area (Å²) in [4.78, 5) is 25.6. The molecule has 1 aliphatic rings. The van der Waals surface area contributed by atoms with E-state index in [1.54, 1.807) is 18.2 Å². The van der Waals surface area contributed by atoms with Crippen LogP contribution in [0.2, 0.25) is 0 Å². The highest BCUT2D eigenvalue weighted by Crippen LogP contribution is 2.40. The molecule has 0 aliphatic carbocycles. The molecule has 1 heterocycles. The molecule has 128 valence electrons. The smallest absolute Gasteiger partial charge is 0.308 e. The van der Waals surface area contributed by atoms with Gasteiger partial charge in [0, 0.05) is 13.5 Å². The van der Waals surface area contributed by atoms with Crippen molar-refractivity contribution in [3.05, 3.63) is 22.6 Å². The molecule has 0 N–H and O–H groups in total. The number of nitrogens with zero attached hydrogens (tertiary/aromatic N) is 1. The highest BCUT2D eigenvalue weighted by atomic mass is 32.2. The van der Waals surface area contributed by atoms with Crippen molar-refractivity contribution in [2.75, 3.05) is 20.8 Å². The van der Waals surface area contributed by atoms with Crippen molar-refractivity contribution >= 4 is 46.3 Å². The zero-order valence-electron chi connectivity index (χ0n) is 13.7. The summed E-state index contributed by atoms with van der Waals surface area (Å²) in [6, 6.07) is 3.33. The van der Waals surface area contributed by atoms with E-state index in [4.69, 9.17) is 26.4 Å². The van der Waals surface area contributed by atoms with Gasteiger partial charge in [0.15, 0.2) is 11.5 Å². The van der Waals surface area contributed by atoms with Gasteiger partial charge in [0.2, 0.25) is 5.75 Å². The molecule has 2 rings (SSSR count). The summed E-state index contributed by atoms with van der Waals surface area (Å²) in [5.74, 6) is 0.256. The van der Waals surface area contributed by atoms with Crippen LogP contribution < -0.4 is 14.2 Å². The van der Waals surface area contributed by atoms with Crippen LogP contribution in [0.25, 0.3) is 6.08 Å². The zero-order chi connectivity index (χ0) is 17.9. The first-order valence-corrected chi connectivity index (χ1v) is 8.33. The van der Waals surface area contributed by atoms with Crippen LogP contribution in [0.1, 0.15) is 19.4 Å². The Bertz CT molecular complexity index is 704. The average Bonchev–Trinajstić information content (AvgIpc) is 2.81. The first-order valence-electron chi connectivity index (χ1n) is 7.11. The number of carbonyl (C=O) groups is 2. The number of hydrogen-bond donors (Lipinski definition) is 0. The van der Waals surface area contributed by atoms with E-state index in [1.807, 2.05) is 6.92 Å². The Kier molecular flexibility index (Phi) is 5.84. The Hall–Kier alpha value is -2.06. The van der Waals surface area contributed by atoms with E-state index in [0.29, 0.717) is 32.8 Å². The first-order chi connectivity index (χ1) is 11.4.